The third-order valence-corrected chi connectivity index (χ3v) is 4.94. The van der Waals surface area contributed by atoms with Crippen LogP contribution in [0.2, 0.25) is 5.02 Å². The smallest absolute Gasteiger partial charge is 0.195 e. The van der Waals surface area contributed by atoms with Crippen molar-refractivity contribution in [2.45, 2.75) is 17.5 Å². The number of aromatic nitrogens is 3. The van der Waals surface area contributed by atoms with Crippen LogP contribution in [-0.4, -0.2) is 21.6 Å². The molecule has 5 nitrogen and oxygen atoms in total. The Morgan fingerprint density at radius 3 is 3.08 bits per heavy atom. The average molecular weight is 378 g/mol. The second kappa shape index (κ2) is 7.03. The SMILES string of the molecule is Fc1cc2c(c(CSc3nncn3-c3cccc(Cl)c3)c1)OCOC2. The summed E-state index contributed by atoms with van der Waals surface area (Å²) in [5.74, 6) is 0.882. The number of nitrogens with zero attached hydrogens (tertiary/aromatic N) is 3. The van der Waals surface area contributed by atoms with Crippen molar-refractivity contribution in [1.29, 1.82) is 0 Å². The van der Waals surface area contributed by atoms with Gasteiger partial charge < -0.3 is 9.47 Å². The molecule has 0 radical (unpaired) electrons. The Bertz CT molecular complexity index is 919. The molecule has 0 saturated carbocycles. The van der Waals surface area contributed by atoms with E-state index in [0.717, 1.165) is 16.8 Å². The van der Waals surface area contributed by atoms with Crippen LogP contribution in [0.4, 0.5) is 4.39 Å². The summed E-state index contributed by atoms with van der Waals surface area (Å²) in [4.78, 5) is 0. The van der Waals surface area contributed by atoms with E-state index >= 15 is 0 Å². The first-order valence-corrected chi connectivity index (χ1v) is 8.87. The van der Waals surface area contributed by atoms with Crippen LogP contribution in [0.3, 0.4) is 0 Å². The molecule has 0 atom stereocenters. The van der Waals surface area contributed by atoms with E-state index in [-0.39, 0.29) is 12.6 Å². The second-order valence-corrected chi connectivity index (χ2v) is 6.79. The predicted octanol–water partition coefficient (Wildman–Crippen LogP) is 4.22. The normalized spacial score (nSPS) is 13.4. The Morgan fingerprint density at radius 2 is 2.20 bits per heavy atom. The minimum atomic E-state index is -0.306. The van der Waals surface area contributed by atoms with Crippen molar-refractivity contribution in [3.8, 4) is 11.4 Å². The fourth-order valence-electron chi connectivity index (χ4n) is 2.63. The third-order valence-electron chi connectivity index (χ3n) is 3.71. The zero-order chi connectivity index (χ0) is 17.2. The van der Waals surface area contributed by atoms with Crippen LogP contribution in [0.15, 0.2) is 47.9 Å². The van der Waals surface area contributed by atoms with Gasteiger partial charge in [-0.2, -0.15) is 0 Å². The van der Waals surface area contributed by atoms with Crippen molar-refractivity contribution >= 4 is 23.4 Å². The summed E-state index contributed by atoms with van der Waals surface area (Å²) >= 11 is 7.50. The molecular formula is C17H13ClFN3O2S. The maximum absolute atomic E-state index is 13.8. The fraction of sp³-hybridized carbons (Fsp3) is 0.176. The lowest BCUT2D eigenvalue weighted by atomic mass is 10.1. The summed E-state index contributed by atoms with van der Waals surface area (Å²) in [5.41, 5.74) is 2.35. The largest absolute Gasteiger partial charge is 0.467 e. The third kappa shape index (κ3) is 3.49. The van der Waals surface area contributed by atoms with Crippen LogP contribution in [0, 0.1) is 5.82 Å². The van der Waals surface area contributed by atoms with E-state index in [9.17, 15) is 4.39 Å². The molecule has 8 heteroatoms. The van der Waals surface area contributed by atoms with Crippen molar-refractivity contribution in [1.82, 2.24) is 14.8 Å². The first kappa shape index (κ1) is 16.4. The molecule has 2 aromatic carbocycles. The summed E-state index contributed by atoms with van der Waals surface area (Å²) in [6, 6.07) is 10.3. The summed E-state index contributed by atoms with van der Waals surface area (Å²) in [7, 11) is 0. The van der Waals surface area contributed by atoms with Gasteiger partial charge in [-0.15, -0.1) is 10.2 Å². The van der Waals surface area contributed by atoms with Gasteiger partial charge in [0.05, 0.1) is 12.3 Å². The minimum absolute atomic E-state index is 0.176. The number of hydrogen-bond acceptors (Lipinski definition) is 5. The summed E-state index contributed by atoms with van der Waals surface area (Å²) in [5, 5.41) is 9.44. The number of benzene rings is 2. The molecule has 0 N–H and O–H groups in total. The lowest BCUT2D eigenvalue weighted by Crippen LogP contribution is -2.13. The Labute approximate surface area is 152 Å². The fourth-order valence-corrected chi connectivity index (χ4v) is 3.71. The van der Waals surface area contributed by atoms with Gasteiger partial charge in [0.15, 0.2) is 11.9 Å². The lowest BCUT2D eigenvalue weighted by molar-refractivity contribution is -0.0171. The van der Waals surface area contributed by atoms with Gasteiger partial charge in [-0.05, 0) is 30.3 Å². The van der Waals surface area contributed by atoms with Gasteiger partial charge in [-0.1, -0.05) is 29.4 Å². The maximum Gasteiger partial charge on any atom is 0.195 e. The molecule has 0 unspecified atom stereocenters. The first-order valence-electron chi connectivity index (χ1n) is 7.51. The van der Waals surface area contributed by atoms with Crippen molar-refractivity contribution < 1.29 is 13.9 Å². The zero-order valence-corrected chi connectivity index (χ0v) is 14.6. The van der Waals surface area contributed by atoms with Gasteiger partial charge in [0, 0.05) is 21.9 Å². The Balaban J connectivity index is 1.59. The standard InChI is InChI=1S/C17H13ClFN3O2S/c18-13-2-1-3-15(6-13)22-9-20-21-17(22)25-8-12-5-14(19)4-11-7-23-10-24-16(11)12/h1-6,9H,7-8,10H2. The molecule has 25 heavy (non-hydrogen) atoms. The maximum atomic E-state index is 13.8. The number of thioether (sulfide) groups is 1. The molecule has 0 aliphatic carbocycles. The van der Waals surface area contributed by atoms with E-state index in [1.54, 1.807) is 12.4 Å². The molecule has 1 aliphatic rings. The molecule has 1 aromatic heterocycles. The molecular weight excluding hydrogens is 365 g/mol. The monoisotopic (exact) mass is 377 g/mol. The molecule has 4 rings (SSSR count). The highest BCUT2D eigenvalue weighted by Gasteiger charge is 2.18. The van der Waals surface area contributed by atoms with Crippen LogP contribution >= 0.6 is 23.4 Å². The summed E-state index contributed by atoms with van der Waals surface area (Å²) in [6.07, 6.45) is 1.62. The number of ether oxygens (including phenoxy) is 2. The van der Waals surface area contributed by atoms with Gasteiger partial charge in [0.1, 0.15) is 17.9 Å². The van der Waals surface area contributed by atoms with E-state index < -0.39 is 0 Å². The van der Waals surface area contributed by atoms with Gasteiger partial charge in [0.25, 0.3) is 0 Å². The molecule has 3 aromatic rings. The van der Waals surface area contributed by atoms with Gasteiger partial charge in [0.2, 0.25) is 0 Å². The highest BCUT2D eigenvalue weighted by Crippen LogP contribution is 2.34. The molecule has 0 spiro atoms. The number of halogens is 2. The highest BCUT2D eigenvalue weighted by atomic mass is 35.5. The Kier molecular flexibility index (Phi) is 4.61. The van der Waals surface area contributed by atoms with Crippen LogP contribution in [-0.2, 0) is 17.1 Å². The van der Waals surface area contributed by atoms with E-state index in [2.05, 4.69) is 10.2 Å². The van der Waals surface area contributed by atoms with E-state index in [0.29, 0.717) is 28.3 Å². The van der Waals surface area contributed by atoms with Crippen LogP contribution in [0.5, 0.6) is 5.75 Å². The van der Waals surface area contributed by atoms with Gasteiger partial charge in [-0.3, -0.25) is 4.57 Å². The molecule has 0 saturated heterocycles. The Hall–Kier alpha value is -2.09. The van der Waals surface area contributed by atoms with Crippen molar-refractivity contribution in [3.63, 3.8) is 0 Å². The van der Waals surface area contributed by atoms with Crippen LogP contribution in [0.1, 0.15) is 11.1 Å². The molecule has 0 amide bonds. The minimum Gasteiger partial charge on any atom is -0.467 e. The summed E-state index contributed by atoms with van der Waals surface area (Å²) < 4.78 is 26.4. The molecule has 2 heterocycles. The molecule has 0 bridgehead atoms. The van der Waals surface area contributed by atoms with Crippen molar-refractivity contribution in [3.05, 3.63) is 64.7 Å². The highest BCUT2D eigenvalue weighted by molar-refractivity contribution is 7.98. The number of rotatable bonds is 4. The number of fused-ring (bicyclic) bond motifs is 1. The zero-order valence-electron chi connectivity index (χ0n) is 13.0. The molecule has 128 valence electrons. The van der Waals surface area contributed by atoms with Crippen LogP contribution < -0.4 is 4.74 Å². The number of hydrogen-bond donors (Lipinski definition) is 0. The van der Waals surface area contributed by atoms with Crippen molar-refractivity contribution in [2.24, 2.45) is 0 Å². The average Bonchev–Trinajstić information content (AvgIpc) is 3.08. The molecule has 1 aliphatic heterocycles. The van der Waals surface area contributed by atoms with Crippen molar-refractivity contribution in [2.75, 3.05) is 6.79 Å². The first-order chi connectivity index (χ1) is 12.2. The van der Waals surface area contributed by atoms with Gasteiger partial charge in [-0.25, -0.2) is 4.39 Å². The second-order valence-electron chi connectivity index (χ2n) is 5.42. The quantitative estimate of drug-likeness (QED) is 0.637. The van der Waals surface area contributed by atoms with Gasteiger partial charge >= 0.3 is 0 Å². The Morgan fingerprint density at radius 1 is 1.28 bits per heavy atom. The van der Waals surface area contributed by atoms with E-state index in [4.69, 9.17) is 21.1 Å². The molecule has 0 fully saturated rings. The van der Waals surface area contributed by atoms with Crippen LogP contribution in [0.25, 0.3) is 5.69 Å². The topological polar surface area (TPSA) is 49.2 Å². The lowest BCUT2D eigenvalue weighted by Gasteiger charge is -2.20. The predicted molar refractivity (Wildman–Crippen MR) is 92.6 cm³/mol. The van der Waals surface area contributed by atoms with E-state index in [1.807, 2.05) is 22.8 Å². The summed E-state index contributed by atoms with van der Waals surface area (Å²) in [6.45, 7) is 0.526. The van der Waals surface area contributed by atoms with E-state index in [1.165, 1.54) is 23.9 Å².